The molecule has 0 heterocycles. The van der Waals surface area contributed by atoms with Gasteiger partial charge in [-0.15, -0.1) is 0 Å². The molecule has 0 bridgehead atoms. The number of rotatable bonds is 4. The molecule has 0 aromatic heterocycles. The van der Waals surface area contributed by atoms with Gasteiger partial charge >= 0.3 is 0 Å². The number of nitrogens with two attached hydrogens (primary N) is 1. The van der Waals surface area contributed by atoms with E-state index in [1.54, 1.807) is 4.90 Å². The van der Waals surface area contributed by atoms with Crippen LogP contribution in [0.4, 0.5) is 5.69 Å². The molecule has 1 aromatic rings. The van der Waals surface area contributed by atoms with Crippen LogP contribution in [0, 0.1) is 6.92 Å². The topological polar surface area (TPSA) is 46.3 Å². The van der Waals surface area contributed by atoms with Crippen LogP contribution < -0.4 is 10.6 Å². The van der Waals surface area contributed by atoms with Crippen molar-refractivity contribution in [3.8, 4) is 0 Å². The van der Waals surface area contributed by atoms with E-state index in [0.29, 0.717) is 13.0 Å². The standard InChI is InChI=1S/C13H20N2O/c1-4-11(14)13(16)15(5-2)12-9-7-6-8-10(12)3/h6-9,11H,4-5,14H2,1-3H3/t11-/m1/s1. The van der Waals surface area contributed by atoms with Crippen LogP contribution in [0.25, 0.3) is 0 Å². The van der Waals surface area contributed by atoms with Gasteiger partial charge in [0.05, 0.1) is 6.04 Å². The molecule has 88 valence electrons. The number of para-hydroxylation sites is 1. The molecule has 0 unspecified atom stereocenters. The molecule has 0 aliphatic carbocycles. The van der Waals surface area contributed by atoms with Gasteiger partial charge in [0, 0.05) is 12.2 Å². The highest BCUT2D eigenvalue weighted by Gasteiger charge is 2.20. The summed E-state index contributed by atoms with van der Waals surface area (Å²) in [7, 11) is 0. The number of carbonyl (C=O) groups is 1. The molecule has 0 saturated carbocycles. The fourth-order valence-corrected chi connectivity index (χ4v) is 1.69. The first kappa shape index (κ1) is 12.7. The van der Waals surface area contributed by atoms with Crippen molar-refractivity contribution in [1.82, 2.24) is 0 Å². The van der Waals surface area contributed by atoms with Gasteiger partial charge in [0.15, 0.2) is 0 Å². The van der Waals surface area contributed by atoms with Gasteiger partial charge in [-0.05, 0) is 31.9 Å². The van der Waals surface area contributed by atoms with Crippen LogP contribution in [0.2, 0.25) is 0 Å². The monoisotopic (exact) mass is 220 g/mol. The van der Waals surface area contributed by atoms with Gasteiger partial charge in [-0.25, -0.2) is 0 Å². The Kier molecular flexibility index (Phi) is 4.50. The van der Waals surface area contributed by atoms with Crippen LogP contribution in [0.15, 0.2) is 24.3 Å². The normalized spacial score (nSPS) is 12.2. The quantitative estimate of drug-likeness (QED) is 0.844. The van der Waals surface area contributed by atoms with Crippen molar-refractivity contribution in [2.75, 3.05) is 11.4 Å². The Bertz CT molecular complexity index is 363. The average molecular weight is 220 g/mol. The number of aryl methyl sites for hydroxylation is 1. The van der Waals surface area contributed by atoms with E-state index in [1.165, 1.54) is 0 Å². The molecule has 0 fully saturated rings. The Labute approximate surface area is 97.2 Å². The summed E-state index contributed by atoms with van der Waals surface area (Å²) >= 11 is 0. The van der Waals surface area contributed by atoms with Crippen molar-refractivity contribution in [2.24, 2.45) is 5.73 Å². The molecular formula is C13H20N2O. The summed E-state index contributed by atoms with van der Waals surface area (Å²) in [5.74, 6) is -0.000648. The van der Waals surface area contributed by atoms with Crippen molar-refractivity contribution in [2.45, 2.75) is 33.2 Å². The van der Waals surface area contributed by atoms with Crippen LogP contribution in [-0.2, 0) is 4.79 Å². The number of nitrogens with zero attached hydrogens (tertiary/aromatic N) is 1. The molecule has 1 amide bonds. The van der Waals surface area contributed by atoms with E-state index in [0.717, 1.165) is 11.3 Å². The lowest BCUT2D eigenvalue weighted by Gasteiger charge is -2.25. The Hall–Kier alpha value is -1.35. The Morgan fingerprint density at radius 1 is 1.38 bits per heavy atom. The van der Waals surface area contributed by atoms with Crippen molar-refractivity contribution in [1.29, 1.82) is 0 Å². The van der Waals surface area contributed by atoms with E-state index in [4.69, 9.17) is 5.73 Å². The molecule has 3 nitrogen and oxygen atoms in total. The van der Waals surface area contributed by atoms with Crippen LogP contribution in [0.3, 0.4) is 0 Å². The zero-order valence-electron chi connectivity index (χ0n) is 10.2. The second kappa shape index (κ2) is 5.66. The number of hydrogen-bond donors (Lipinski definition) is 1. The van der Waals surface area contributed by atoms with Gasteiger partial charge < -0.3 is 10.6 Å². The molecule has 2 N–H and O–H groups in total. The minimum atomic E-state index is -0.403. The summed E-state index contributed by atoms with van der Waals surface area (Å²) in [5, 5.41) is 0. The van der Waals surface area contributed by atoms with Crippen molar-refractivity contribution in [3.63, 3.8) is 0 Å². The van der Waals surface area contributed by atoms with Crippen molar-refractivity contribution < 1.29 is 4.79 Å². The Morgan fingerprint density at radius 2 is 2.00 bits per heavy atom. The minimum Gasteiger partial charge on any atom is -0.320 e. The SMILES string of the molecule is CC[C@@H](N)C(=O)N(CC)c1ccccc1C. The van der Waals surface area contributed by atoms with Crippen LogP contribution in [-0.4, -0.2) is 18.5 Å². The van der Waals surface area contributed by atoms with Crippen LogP contribution >= 0.6 is 0 Å². The summed E-state index contributed by atoms with van der Waals surface area (Å²) in [5.41, 5.74) is 7.84. The summed E-state index contributed by atoms with van der Waals surface area (Å²) in [6.45, 7) is 6.54. The molecule has 0 aliphatic rings. The summed E-state index contributed by atoms with van der Waals surface area (Å²) in [4.78, 5) is 13.8. The molecule has 0 spiro atoms. The summed E-state index contributed by atoms with van der Waals surface area (Å²) in [6, 6.07) is 7.47. The lowest BCUT2D eigenvalue weighted by Crippen LogP contribution is -2.43. The van der Waals surface area contributed by atoms with E-state index < -0.39 is 6.04 Å². The summed E-state index contributed by atoms with van der Waals surface area (Å²) in [6.07, 6.45) is 0.668. The predicted molar refractivity (Wildman–Crippen MR) is 67.5 cm³/mol. The first-order valence-corrected chi connectivity index (χ1v) is 5.74. The number of amides is 1. The van der Waals surface area contributed by atoms with Gasteiger partial charge in [-0.1, -0.05) is 25.1 Å². The van der Waals surface area contributed by atoms with Gasteiger partial charge in [0.1, 0.15) is 0 Å². The molecule has 0 radical (unpaired) electrons. The maximum atomic E-state index is 12.1. The zero-order chi connectivity index (χ0) is 12.1. The van der Waals surface area contributed by atoms with Crippen molar-refractivity contribution in [3.05, 3.63) is 29.8 Å². The molecule has 3 heteroatoms. The lowest BCUT2D eigenvalue weighted by molar-refractivity contribution is -0.119. The second-order valence-electron chi connectivity index (χ2n) is 3.88. The second-order valence-corrected chi connectivity index (χ2v) is 3.88. The minimum absolute atomic E-state index is 0.000648. The van der Waals surface area contributed by atoms with Gasteiger partial charge in [0.25, 0.3) is 0 Å². The smallest absolute Gasteiger partial charge is 0.243 e. The maximum absolute atomic E-state index is 12.1. The predicted octanol–water partition coefficient (Wildman–Crippen LogP) is 2.09. The fraction of sp³-hybridized carbons (Fsp3) is 0.462. The average Bonchev–Trinajstić information content (AvgIpc) is 2.31. The molecular weight excluding hydrogens is 200 g/mol. The fourth-order valence-electron chi connectivity index (χ4n) is 1.69. The van der Waals surface area contributed by atoms with Gasteiger partial charge in [-0.3, -0.25) is 4.79 Å². The molecule has 1 rings (SSSR count). The van der Waals surface area contributed by atoms with E-state index in [-0.39, 0.29) is 5.91 Å². The molecule has 0 saturated heterocycles. The van der Waals surface area contributed by atoms with Gasteiger partial charge in [0.2, 0.25) is 5.91 Å². The van der Waals surface area contributed by atoms with E-state index >= 15 is 0 Å². The van der Waals surface area contributed by atoms with Gasteiger partial charge in [-0.2, -0.15) is 0 Å². The Morgan fingerprint density at radius 3 is 2.50 bits per heavy atom. The number of anilines is 1. The van der Waals surface area contributed by atoms with Crippen molar-refractivity contribution >= 4 is 11.6 Å². The molecule has 0 aliphatic heterocycles. The number of benzene rings is 1. The molecule has 1 aromatic carbocycles. The number of hydrogen-bond acceptors (Lipinski definition) is 2. The first-order chi connectivity index (χ1) is 7.61. The molecule has 16 heavy (non-hydrogen) atoms. The highest BCUT2D eigenvalue weighted by molar-refractivity contribution is 5.97. The maximum Gasteiger partial charge on any atom is 0.243 e. The Balaban J connectivity index is 2.99. The third-order valence-corrected chi connectivity index (χ3v) is 2.75. The van der Waals surface area contributed by atoms with Crippen LogP contribution in [0.1, 0.15) is 25.8 Å². The highest BCUT2D eigenvalue weighted by Crippen LogP contribution is 2.19. The largest absolute Gasteiger partial charge is 0.320 e. The lowest BCUT2D eigenvalue weighted by atomic mass is 10.1. The number of carbonyl (C=O) groups excluding carboxylic acids is 1. The molecule has 1 atom stereocenters. The first-order valence-electron chi connectivity index (χ1n) is 5.74. The van der Waals surface area contributed by atoms with E-state index in [9.17, 15) is 4.79 Å². The van der Waals surface area contributed by atoms with E-state index in [2.05, 4.69) is 0 Å². The summed E-state index contributed by atoms with van der Waals surface area (Å²) < 4.78 is 0. The van der Waals surface area contributed by atoms with E-state index in [1.807, 2.05) is 45.0 Å². The zero-order valence-corrected chi connectivity index (χ0v) is 10.2. The third-order valence-electron chi connectivity index (χ3n) is 2.75. The third kappa shape index (κ3) is 2.61. The highest BCUT2D eigenvalue weighted by atomic mass is 16.2. The van der Waals surface area contributed by atoms with Crippen LogP contribution in [0.5, 0.6) is 0 Å². The number of likely N-dealkylation sites (N-methyl/N-ethyl adjacent to an activating group) is 1.